The number of nitrogens with zero attached hydrogens (tertiary/aromatic N) is 1. The molecule has 1 aromatic rings. The third-order valence-electron chi connectivity index (χ3n) is 2.90. The highest BCUT2D eigenvalue weighted by molar-refractivity contribution is 5.14. The Labute approximate surface area is 88.1 Å². The largest absolute Gasteiger partial charge is 0.299 e. The Balaban J connectivity index is 1.95. The van der Waals surface area contributed by atoms with Gasteiger partial charge in [-0.3, -0.25) is 4.90 Å². The molecule has 0 spiro atoms. The zero-order chi connectivity index (χ0) is 10.7. The summed E-state index contributed by atoms with van der Waals surface area (Å²) in [4.78, 5) is 2.27. The second-order valence-corrected chi connectivity index (χ2v) is 4.27. The number of rotatable bonds is 2. The summed E-state index contributed by atoms with van der Waals surface area (Å²) in [6.45, 7) is 4.25. The molecule has 1 nitrogen and oxygen atoms in total. The normalized spacial score (nSPS) is 29.9. The Morgan fingerprint density at radius 2 is 2.14 bits per heavy atom. The summed E-state index contributed by atoms with van der Waals surface area (Å²) in [6.07, 6.45) is 2.26. The molecule has 0 radical (unpaired) electrons. The molecular weight excluding hydrogens is 170 g/mol. The molecule has 0 aromatic heterocycles. The van der Waals surface area contributed by atoms with Crippen LogP contribution in [0.15, 0.2) is 30.3 Å². The molecular formula is C13H19N. The molecule has 76 valence electrons. The molecule has 0 aliphatic carbocycles. The molecule has 2 unspecified atom stereocenters. The first kappa shape index (κ1) is 8.49. The summed E-state index contributed by atoms with van der Waals surface area (Å²) in [6, 6.07) is 10.5. The van der Waals surface area contributed by atoms with Crippen molar-refractivity contribution in [3.8, 4) is 0 Å². The van der Waals surface area contributed by atoms with Crippen molar-refractivity contribution < 1.29 is 1.37 Å². The van der Waals surface area contributed by atoms with Crippen molar-refractivity contribution in [3.05, 3.63) is 35.9 Å². The van der Waals surface area contributed by atoms with Crippen LogP contribution in [0.1, 0.15) is 26.7 Å². The summed E-state index contributed by atoms with van der Waals surface area (Å²) in [5, 5.41) is 0. The number of hydrogen-bond donors (Lipinski definition) is 0. The fourth-order valence-corrected chi connectivity index (χ4v) is 1.89. The molecule has 2 atom stereocenters. The average Bonchev–Trinajstić information content (AvgIpc) is 2.24. The standard InChI is InChI=1S/C13H19N/c1-12-7-9-14(10-8-12)11-13-5-3-2-4-6-13/h2-6,12H,7-11H2,1H3/i9D. The Hall–Kier alpha value is -0.820. The minimum atomic E-state index is -0.00560. The third kappa shape index (κ3) is 2.58. The van der Waals surface area contributed by atoms with Crippen molar-refractivity contribution in [1.82, 2.24) is 4.90 Å². The lowest BCUT2D eigenvalue weighted by atomic mass is 9.99. The molecule has 1 heterocycles. The molecule has 0 bridgehead atoms. The van der Waals surface area contributed by atoms with Crippen LogP contribution in [0.2, 0.25) is 0 Å². The fraction of sp³-hybridized carbons (Fsp3) is 0.538. The lowest BCUT2D eigenvalue weighted by Gasteiger charge is -2.30. The highest BCUT2D eigenvalue weighted by Gasteiger charge is 2.15. The van der Waals surface area contributed by atoms with E-state index in [1.54, 1.807) is 0 Å². The van der Waals surface area contributed by atoms with Crippen LogP contribution in [0.5, 0.6) is 0 Å². The van der Waals surface area contributed by atoms with Crippen LogP contribution in [0.25, 0.3) is 0 Å². The van der Waals surface area contributed by atoms with E-state index in [1.807, 2.05) is 6.07 Å². The van der Waals surface area contributed by atoms with Gasteiger partial charge in [0.15, 0.2) is 0 Å². The van der Waals surface area contributed by atoms with E-state index in [1.165, 1.54) is 12.0 Å². The quantitative estimate of drug-likeness (QED) is 0.693. The number of benzene rings is 1. The molecule has 0 amide bonds. The van der Waals surface area contributed by atoms with Gasteiger partial charge in [-0.1, -0.05) is 37.3 Å². The molecule has 1 aliphatic rings. The van der Waals surface area contributed by atoms with Gasteiger partial charge in [0.2, 0.25) is 0 Å². The average molecular weight is 190 g/mol. The van der Waals surface area contributed by atoms with E-state index in [0.29, 0.717) is 0 Å². The van der Waals surface area contributed by atoms with Gasteiger partial charge in [-0.25, -0.2) is 0 Å². The van der Waals surface area contributed by atoms with Crippen LogP contribution in [-0.4, -0.2) is 18.0 Å². The highest BCUT2D eigenvalue weighted by Crippen LogP contribution is 2.17. The minimum Gasteiger partial charge on any atom is -0.299 e. The predicted octanol–water partition coefficient (Wildman–Crippen LogP) is 2.92. The summed E-state index contributed by atoms with van der Waals surface area (Å²) < 4.78 is 8.03. The molecule has 1 saturated heterocycles. The molecule has 1 aliphatic heterocycles. The van der Waals surface area contributed by atoms with Gasteiger partial charge in [0.1, 0.15) is 0 Å². The van der Waals surface area contributed by atoms with Crippen molar-refractivity contribution in [1.29, 1.82) is 0 Å². The molecule has 1 aromatic carbocycles. The van der Waals surface area contributed by atoms with E-state index in [9.17, 15) is 0 Å². The molecule has 2 rings (SSSR count). The van der Waals surface area contributed by atoms with E-state index < -0.39 is 0 Å². The summed E-state index contributed by atoms with van der Waals surface area (Å²) in [7, 11) is 0. The SMILES string of the molecule is [2H]C1CC(C)CCN1Cc1ccccc1. The lowest BCUT2D eigenvalue weighted by Crippen LogP contribution is -2.32. The van der Waals surface area contributed by atoms with Gasteiger partial charge in [-0.2, -0.15) is 0 Å². The van der Waals surface area contributed by atoms with Crippen molar-refractivity contribution >= 4 is 0 Å². The van der Waals surface area contributed by atoms with Crippen LogP contribution in [0, 0.1) is 5.92 Å². The maximum atomic E-state index is 8.03. The van der Waals surface area contributed by atoms with Crippen molar-refractivity contribution in [2.24, 2.45) is 5.92 Å². The third-order valence-corrected chi connectivity index (χ3v) is 2.90. The summed E-state index contributed by atoms with van der Waals surface area (Å²) in [5.41, 5.74) is 1.32. The van der Waals surface area contributed by atoms with Crippen LogP contribution in [0.3, 0.4) is 0 Å². The van der Waals surface area contributed by atoms with E-state index in [4.69, 9.17) is 1.37 Å². The Morgan fingerprint density at radius 1 is 1.36 bits per heavy atom. The van der Waals surface area contributed by atoms with Crippen LogP contribution < -0.4 is 0 Å². The summed E-state index contributed by atoms with van der Waals surface area (Å²) >= 11 is 0. The zero-order valence-electron chi connectivity index (χ0n) is 9.82. The van der Waals surface area contributed by atoms with Gasteiger partial charge < -0.3 is 0 Å². The topological polar surface area (TPSA) is 3.24 Å². The zero-order valence-corrected chi connectivity index (χ0v) is 8.82. The van der Waals surface area contributed by atoms with Gasteiger partial charge in [-0.05, 0) is 37.4 Å². The lowest BCUT2D eigenvalue weighted by molar-refractivity contribution is 0.185. The second kappa shape index (κ2) is 4.61. The Kier molecular flexibility index (Phi) is 2.79. The second-order valence-electron chi connectivity index (χ2n) is 4.27. The molecule has 0 saturated carbocycles. The molecule has 14 heavy (non-hydrogen) atoms. The van der Waals surface area contributed by atoms with Crippen LogP contribution in [0.4, 0.5) is 0 Å². The summed E-state index contributed by atoms with van der Waals surface area (Å²) in [5.74, 6) is 0.722. The van der Waals surface area contributed by atoms with Gasteiger partial charge in [-0.15, -0.1) is 0 Å². The maximum absolute atomic E-state index is 8.03. The maximum Gasteiger partial charge on any atom is 0.0431 e. The smallest absolute Gasteiger partial charge is 0.0431 e. The van der Waals surface area contributed by atoms with E-state index in [0.717, 1.165) is 25.4 Å². The number of piperidine rings is 1. The minimum absolute atomic E-state index is 0.00560. The van der Waals surface area contributed by atoms with Crippen molar-refractivity contribution in [2.75, 3.05) is 13.1 Å². The van der Waals surface area contributed by atoms with E-state index in [2.05, 4.69) is 36.1 Å². The number of likely N-dealkylation sites (tertiary alicyclic amines) is 1. The van der Waals surface area contributed by atoms with Crippen LogP contribution >= 0.6 is 0 Å². The van der Waals surface area contributed by atoms with E-state index in [-0.39, 0.29) is 6.52 Å². The monoisotopic (exact) mass is 190 g/mol. The van der Waals surface area contributed by atoms with Gasteiger partial charge in [0.25, 0.3) is 0 Å². The van der Waals surface area contributed by atoms with Crippen molar-refractivity contribution in [3.63, 3.8) is 0 Å². The first-order valence-corrected chi connectivity index (χ1v) is 5.46. The first-order chi connectivity index (χ1) is 7.25. The Bertz CT molecular complexity index is 299. The first-order valence-electron chi connectivity index (χ1n) is 6.03. The van der Waals surface area contributed by atoms with Gasteiger partial charge in [0.05, 0.1) is 0 Å². The van der Waals surface area contributed by atoms with E-state index >= 15 is 0 Å². The predicted molar refractivity (Wildman–Crippen MR) is 60.1 cm³/mol. The Morgan fingerprint density at radius 3 is 2.86 bits per heavy atom. The highest BCUT2D eigenvalue weighted by atomic mass is 15.1. The number of hydrogen-bond acceptors (Lipinski definition) is 1. The van der Waals surface area contributed by atoms with Crippen LogP contribution in [-0.2, 0) is 6.54 Å². The van der Waals surface area contributed by atoms with Gasteiger partial charge >= 0.3 is 0 Å². The molecule has 1 heteroatoms. The van der Waals surface area contributed by atoms with Crippen molar-refractivity contribution in [2.45, 2.75) is 26.3 Å². The molecule has 0 N–H and O–H groups in total. The fourth-order valence-electron chi connectivity index (χ4n) is 1.89. The molecule has 1 fully saturated rings. The van der Waals surface area contributed by atoms with Gasteiger partial charge in [0, 0.05) is 7.92 Å².